The number of nitrogens with two attached hydrogens (primary N) is 1. The minimum atomic E-state index is -0.363. The molecule has 1 aromatic heterocycles. The summed E-state index contributed by atoms with van der Waals surface area (Å²) in [5.74, 6) is 0.562. The number of carbonyl (C=O) groups excluding carboxylic acids is 1. The Bertz CT molecular complexity index is 470. The average Bonchev–Trinajstić information content (AvgIpc) is 2.74. The van der Waals surface area contributed by atoms with Crippen LogP contribution in [0, 0.1) is 6.92 Å². The summed E-state index contributed by atoms with van der Waals surface area (Å²) in [6.07, 6.45) is 4.31. The van der Waals surface area contributed by atoms with E-state index in [0.717, 1.165) is 31.4 Å². The van der Waals surface area contributed by atoms with E-state index in [1.807, 2.05) is 6.92 Å². The lowest BCUT2D eigenvalue weighted by atomic mass is 9.94. The Balaban J connectivity index is 2.00. The predicted octanol–water partition coefficient (Wildman–Crippen LogP) is 1.39. The number of rotatable bonds is 4. The van der Waals surface area contributed by atoms with Crippen LogP contribution in [0.2, 0.25) is 0 Å². The van der Waals surface area contributed by atoms with Crippen molar-refractivity contribution in [3.8, 4) is 5.88 Å². The largest absolute Gasteiger partial charge is 0.481 e. The summed E-state index contributed by atoms with van der Waals surface area (Å²) in [6, 6.07) is 1.71. The Morgan fingerprint density at radius 1 is 1.47 bits per heavy atom. The molecule has 1 amide bonds. The molecule has 0 radical (unpaired) electrons. The van der Waals surface area contributed by atoms with Gasteiger partial charge in [-0.15, -0.1) is 0 Å². The first-order chi connectivity index (χ1) is 9.00. The summed E-state index contributed by atoms with van der Waals surface area (Å²) >= 11 is 0. The van der Waals surface area contributed by atoms with E-state index in [4.69, 9.17) is 10.5 Å². The van der Waals surface area contributed by atoms with Gasteiger partial charge in [0.2, 0.25) is 17.7 Å². The first-order valence-corrected chi connectivity index (χ1v) is 6.49. The SMILES string of the molecule is COc1cc(C)nc(NC(=O)CC2(N)CCCC2)n1. The number of nitrogens with one attached hydrogen (secondary N) is 1. The second-order valence-electron chi connectivity index (χ2n) is 5.17. The van der Waals surface area contributed by atoms with Gasteiger partial charge in [-0.05, 0) is 19.8 Å². The maximum Gasteiger partial charge on any atom is 0.232 e. The van der Waals surface area contributed by atoms with E-state index in [0.29, 0.717) is 12.3 Å². The Labute approximate surface area is 112 Å². The molecule has 0 bridgehead atoms. The first kappa shape index (κ1) is 13.7. The van der Waals surface area contributed by atoms with Gasteiger partial charge >= 0.3 is 0 Å². The van der Waals surface area contributed by atoms with Crippen LogP contribution < -0.4 is 15.8 Å². The van der Waals surface area contributed by atoms with Crippen LogP contribution in [0.25, 0.3) is 0 Å². The second-order valence-corrected chi connectivity index (χ2v) is 5.17. The number of carbonyl (C=O) groups is 1. The summed E-state index contributed by atoms with van der Waals surface area (Å²) < 4.78 is 5.04. The highest BCUT2D eigenvalue weighted by molar-refractivity contribution is 5.89. The van der Waals surface area contributed by atoms with Crippen LogP contribution in [-0.2, 0) is 4.79 Å². The number of aryl methyl sites for hydroxylation is 1. The minimum Gasteiger partial charge on any atom is -0.481 e. The summed E-state index contributed by atoms with van der Waals surface area (Å²) in [5.41, 5.74) is 6.55. The molecule has 1 saturated carbocycles. The quantitative estimate of drug-likeness (QED) is 0.857. The fraction of sp³-hybridized carbons (Fsp3) is 0.615. The Hall–Kier alpha value is -1.69. The maximum atomic E-state index is 12.0. The van der Waals surface area contributed by atoms with Gasteiger partial charge in [0.05, 0.1) is 7.11 Å². The average molecular weight is 264 g/mol. The lowest BCUT2D eigenvalue weighted by molar-refractivity contribution is -0.117. The number of hydrogen-bond acceptors (Lipinski definition) is 5. The fourth-order valence-electron chi connectivity index (χ4n) is 2.44. The monoisotopic (exact) mass is 264 g/mol. The summed E-state index contributed by atoms with van der Waals surface area (Å²) in [6.45, 7) is 1.82. The van der Waals surface area contributed by atoms with Gasteiger partial charge in [0.1, 0.15) is 0 Å². The van der Waals surface area contributed by atoms with Crippen LogP contribution in [0.3, 0.4) is 0 Å². The van der Waals surface area contributed by atoms with Gasteiger partial charge < -0.3 is 10.5 Å². The molecule has 19 heavy (non-hydrogen) atoms. The molecular formula is C13H20N4O2. The maximum absolute atomic E-state index is 12.0. The van der Waals surface area contributed by atoms with E-state index in [2.05, 4.69) is 15.3 Å². The molecule has 3 N–H and O–H groups in total. The number of hydrogen-bond donors (Lipinski definition) is 2. The molecule has 6 nitrogen and oxygen atoms in total. The molecule has 1 heterocycles. The number of aromatic nitrogens is 2. The van der Waals surface area contributed by atoms with E-state index in [9.17, 15) is 4.79 Å². The highest BCUT2D eigenvalue weighted by Crippen LogP contribution is 2.30. The Kier molecular flexibility index (Phi) is 3.99. The molecule has 1 aromatic rings. The minimum absolute atomic E-state index is 0.142. The predicted molar refractivity (Wildman–Crippen MR) is 72.0 cm³/mol. The van der Waals surface area contributed by atoms with Crippen LogP contribution in [0.1, 0.15) is 37.8 Å². The molecule has 1 fully saturated rings. The molecular weight excluding hydrogens is 244 g/mol. The van der Waals surface area contributed by atoms with Gasteiger partial charge in [-0.2, -0.15) is 4.98 Å². The fourth-order valence-corrected chi connectivity index (χ4v) is 2.44. The number of amides is 1. The number of nitrogens with zero attached hydrogens (tertiary/aromatic N) is 2. The van der Waals surface area contributed by atoms with E-state index in [-0.39, 0.29) is 17.4 Å². The highest BCUT2D eigenvalue weighted by atomic mass is 16.5. The van der Waals surface area contributed by atoms with E-state index >= 15 is 0 Å². The molecule has 2 rings (SSSR count). The molecule has 1 aliphatic carbocycles. The molecule has 0 unspecified atom stereocenters. The zero-order chi connectivity index (χ0) is 13.9. The van der Waals surface area contributed by atoms with E-state index in [1.54, 1.807) is 6.07 Å². The van der Waals surface area contributed by atoms with E-state index in [1.165, 1.54) is 7.11 Å². The number of ether oxygens (including phenoxy) is 1. The zero-order valence-electron chi connectivity index (χ0n) is 11.4. The summed E-state index contributed by atoms with van der Waals surface area (Å²) in [4.78, 5) is 20.2. The molecule has 0 saturated heterocycles. The van der Waals surface area contributed by atoms with Crippen LogP contribution >= 0.6 is 0 Å². The van der Waals surface area contributed by atoms with Crippen molar-refractivity contribution in [2.45, 2.75) is 44.6 Å². The third kappa shape index (κ3) is 3.64. The highest BCUT2D eigenvalue weighted by Gasteiger charge is 2.31. The van der Waals surface area contributed by atoms with Crippen LogP contribution in [0.15, 0.2) is 6.07 Å². The topological polar surface area (TPSA) is 90.1 Å². The van der Waals surface area contributed by atoms with Crippen LogP contribution in [0.5, 0.6) is 5.88 Å². The van der Waals surface area contributed by atoms with Crippen LogP contribution in [-0.4, -0.2) is 28.5 Å². The molecule has 104 valence electrons. The molecule has 0 atom stereocenters. The van der Waals surface area contributed by atoms with Gasteiger partial charge in [0.15, 0.2) is 0 Å². The smallest absolute Gasteiger partial charge is 0.232 e. The number of methoxy groups -OCH3 is 1. The van der Waals surface area contributed by atoms with Gasteiger partial charge in [-0.25, -0.2) is 4.98 Å². The van der Waals surface area contributed by atoms with Crippen molar-refractivity contribution in [3.05, 3.63) is 11.8 Å². The van der Waals surface area contributed by atoms with Crippen molar-refractivity contribution in [3.63, 3.8) is 0 Å². The van der Waals surface area contributed by atoms with Crippen molar-refractivity contribution in [1.82, 2.24) is 9.97 Å². The lowest BCUT2D eigenvalue weighted by Crippen LogP contribution is -2.40. The second kappa shape index (κ2) is 5.52. The summed E-state index contributed by atoms with van der Waals surface area (Å²) in [5, 5.41) is 2.69. The van der Waals surface area contributed by atoms with Crippen molar-refractivity contribution in [1.29, 1.82) is 0 Å². The normalized spacial score (nSPS) is 17.2. The molecule has 0 aromatic carbocycles. The van der Waals surface area contributed by atoms with Gasteiger partial charge in [0, 0.05) is 23.7 Å². The first-order valence-electron chi connectivity index (χ1n) is 6.49. The van der Waals surface area contributed by atoms with Crippen molar-refractivity contribution in [2.75, 3.05) is 12.4 Å². The van der Waals surface area contributed by atoms with Crippen LogP contribution in [0.4, 0.5) is 5.95 Å². The molecule has 6 heteroatoms. The van der Waals surface area contributed by atoms with E-state index < -0.39 is 0 Å². The third-order valence-electron chi connectivity index (χ3n) is 3.40. The van der Waals surface area contributed by atoms with Crippen molar-refractivity contribution < 1.29 is 9.53 Å². The molecule has 0 spiro atoms. The number of anilines is 1. The molecule has 0 aliphatic heterocycles. The third-order valence-corrected chi connectivity index (χ3v) is 3.40. The zero-order valence-corrected chi connectivity index (χ0v) is 11.4. The van der Waals surface area contributed by atoms with Crippen molar-refractivity contribution >= 4 is 11.9 Å². The summed E-state index contributed by atoms with van der Waals surface area (Å²) in [7, 11) is 1.53. The Morgan fingerprint density at radius 3 is 2.79 bits per heavy atom. The van der Waals surface area contributed by atoms with Gasteiger partial charge in [0.25, 0.3) is 0 Å². The lowest BCUT2D eigenvalue weighted by Gasteiger charge is -2.22. The van der Waals surface area contributed by atoms with Gasteiger partial charge in [-0.1, -0.05) is 12.8 Å². The van der Waals surface area contributed by atoms with Crippen molar-refractivity contribution in [2.24, 2.45) is 5.73 Å². The molecule has 1 aliphatic rings. The van der Waals surface area contributed by atoms with Gasteiger partial charge in [-0.3, -0.25) is 10.1 Å². The standard InChI is InChI=1S/C13H20N4O2/c1-9-7-11(19-2)17-12(15-9)16-10(18)8-13(14)5-3-4-6-13/h7H,3-6,8,14H2,1-2H3,(H,15,16,17,18). The Morgan fingerprint density at radius 2 is 2.16 bits per heavy atom.